The predicted molar refractivity (Wildman–Crippen MR) is 100 cm³/mol. The number of hydrogen-bond acceptors (Lipinski definition) is 5. The van der Waals surface area contributed by atoms with E-state index >= 15 is 0 Å². The highest BCUT2D eigenvalue weighted by Gasteiger charge is 2.14. The van der Waals surface area contributed by atoms with Crippen LogP contribution in [0.5, 0.6) is 0 Å². The van der Waals surface area contributed by atoms with Gasteiger partial charge in [0.1, 0.15) is 11.6 Å². The number of carbonyl (C=O) groups is 1. The Morgan fingerprint density at radius 2 is 1.77 bits per heavy atom. The maximum atomic E-state index is 11.6. The van der Waals surface area contributed by atoms with Crippen LogP contribution < -0.4 is 11.1 Å². The van der Waals surface area contributed by atoms with Crippen LogP contribution in [0.2, 0.25) is 0 Å². The molecule has 7 nitrogen and oxygen atoms in total. The number of primary amides is 1. The molecule has 2 aromatic heterocycles. The number of hydrogen-bond donors (Lipinski definition) is 2. The van der Waals surface area contributed by atoms with Gasteiger partial charge in [0.2, 0.25) is 0 Å². The van der Waals surface area contributed by atoms with Crippen LogP contribution in [-0.2, 0) is 0 Å². The summed E-state index contributed by atoms with van der Waals surface area (Å²) in [5.74, 6) is 1.63. The maximum absolute atomic E-state index is 11.6. The summed E-state index contributed by atoms with van der Waals surface area (Å²) in [6.07, 6.45) is 0. The summed E-state index contributed by atoms with van der Waals surface area (Å²) in [5, 5.41) is 8.11. The third-order valence-electron chi connectivity index (χ3n) is 3.92. The van der Waals surface area contributed by atoms with Gasteiger partial charge in [-0.25, -0.2) is 14.8 Å². The van der Waals surface area contributed by atoms with E-state index in [1.165, 1.54) is 0 Å². The van der Waals surface area contributed by atoms with Gasteiger partial charge in [-0.2, -0.15) is 9.78 Å². The molecule has 2 heterocycles. The number of benzene rings is 2. The third-order valence-corrected chi connectivity index (χ3v) is 3.92. The minimum atomic E-state index is -0.665. The zero-order valence-corrected chi connectivity index (χ0v) is 14.0. The molecule has 0 unspecified atom stereocenters. The van der Waals surface area contributed by atoms with Crippen molar-refractivity contribution in [1.82, 2.24) is 19.7 Å². The van der Waals surface area contributed by atoms with Crippen molar-refractivity contribution in [1.29, 1.82) is 0 Å². The fraction of sp³-hybridized carbons (Fsp3) is 0.0526. The molecule has 0 fully saturated rings. The lowest BCUT2D eigenvalue weighted by Gasteiger charge is -2.11. The van der Waals surface area contributed by atoms with Crippen molar-refractivity contribution in [2.24, 2.45) is 5.73 Å². The molecule has 2 aromatic carbocycles. The van der Waals surface area contributed by atoms with Gasteiger partial charge in [-0.05, 0) is 19.1 Å². The second-order valence-corrected chi connectivity index (χ2v) is 5.82. The Morgan fingerprint density at radius 3 is 2.54 bits per heavy atom. The van der Waals surface area contributed by atoms with Crippen LogP contribution in [0.4, 0.5) is 16.4 Å². The number of rotatable bonds is 3. The van der Waals surface area contributed by atoms with Crippen LogP contribution in [0.15, 0.2) is 60.7 Å². The topological polar surface area (TPSA) is 98.7 Å². The van der Waals surface area contributed by atoms with Gasteiger partial charge < -0.3 is 11.1 Å². The smallest absolute Gasteiger partial charge is 0.341 e. The molecule has 0 saturated carbocycles. The molecule has 4 rings (SSSR count). The summed E-state index contributed by atoms with van der Waals surface area (Å²) >= 11 is 0. The molecule has 0 saturated heterocycles. The third kappa shape index (κ3) is 2.86. The van der Waals surface area contributed by atoms with E-state index in [1.807, 2.05) is 54.6 Å². The molecule has 0 aliphatic rings. The summed E-state index contributed by atoms with van der Waals surface area (Å²) < 4.78 is 1.12. The van der Waals surface area contributed by atoms with E-state index in [2.05, 4.69) is 20.4 Å². The summed E-state index contributed by atoms with van der Waals surface area (Å²) in [6.45, 7) is 1.79. The standard InChI is InChI=1S/C19H16N6O/c1-12-11-16(25(24-12)19(20)26)22-18-14-9-5-6-10-15(14)21-17(23-18)13-7-3-2-4-8-13/h2-11H,1H3,(H2,20,26)(H,21,22,23). The number of carbonyl (C=O) groups excluding carboxylic acids is 1. The Labute approximate surface area is 149 Å². The van der Waals surface area contributed by atoms with Crippen LogP contribution in [-0.4, -0.2) is 25.8 Å². The Bertz CT molecular complexity index is 1100. The summed E-state index contributed by atoms with van der Waals surface area (Å²) in [5.41, 5.74) is 7.78. The van der Waals surface area contributed by atoms with Gasteiger partial charge in [0.25, 0.3) is 0 Å². The monoisotopic (exact) mass is 344 g/mol. The summed E-state index contributed by atoms with van der Waals surface area (Å²) in [6, 6.07) is 18.5. The second kappa shape index (κ2) is 6.29. The molecule has 3 N–H and O–H groups in total. The second-order valence-electron chi connectivity index (χ2n) is 5.82. The van der Waals surface area contributed by atoms with Crippen molar-refractivity contribution >= 4 is 28.6 Å². The average Bonchev–Trinajstić information content (AvgIpc) is 3.03. The lowest BCUT2D eigenvalue weighted by Crippen LogP contribution is -2.22. The zero-order valence-electron chi connectivity index (χ0n) is 14.0. The number of amides is 1. The molecular weight excluding hydrogens is 328 g/mol. The van der Waals surface area contributed by atoms with Crippen molar-refractivity contribution in [3.63, 3.8) is 0 Å². The Morgan fingerprint density at radius 1 is 1.04 bits per heavy atom. The van der Waals surface area contributed by atoms with Gasteiger partial charge in [-0.15, -0.1) is 0 Å². The number of aromatic nitrogens is 4. The molecule has 26 heavy (non-hydrogen) atoms. The fourth-order valence-electron chi connectivity index (χ4n) is 2.77. The van der Waals surface area contributed by atoms with Gasteiger partial charge in [-0.1, -0.05) is 42.5 Å². The van der Waals surface area contributed by atoms with Crippen LogP contribution in [0, 0.1) is 6.92 Å². The number of para-hydroxylation sites is 1. The van der Waals surface area contributed by atoms with E-state index in [-0.39, 0.29) is 0 Å². The van der Waals surface area contributed by atoms with Crippen molar-refractivity contribution in [3.8, 4) is 11.4 Å². The van der Waals surface area contributed by atoms with Crippen molar-refractivity contribution in [2.75, 3.05) is 5.32 Å². The molecule has 4 aromatic rings. The highest BCUT2D eigenvalue weighted by molar-refractivity contribution is 5.92. The fourth-order valence-corrected chi connectivity index (χ4v) is 2.77. The van der Waals surface area contributed by atoms with E-state index in [1.54, 1.807) is 13.0 Å². The minimum Gasteiger partial charge on any atom is -0.350 e. The lowest BCUT2D eigenvalue weighted by atomic mass is 10.2. The molecule has 0 atom stereocenters. The number of aryl methyl sites for hydroxylation is 1. The van der Waals surface area contributed by atoms with Gasteiger partial charge in [0.15, 0.2) is 5.82 Å². The first-order valence-corrected chi connectivity index (χ1v) is 8.07. The molecule has 1 amide bonds. The van der Waals surface area contributed by atoms with Crippen molar-refractivity contribution in [2.45, 2.75) is 6.92 Å². The quantitative estimate of drug-likeness (QED) is 0.593. The van der Waals surface area contributed by atoms with Crippen LogP contribution in [0.25, 0.3) is 22.3 Å². The molecule has 0 aliphatic carbocycles. The Balaban J connectivity index is 1.88. The molecule has 7 heteroatoms. The first kappa shape index (κ1) is 15.8. The van der Waals surface area contributed by atoms with Crippen molar-refractivity contribution in [3.05, 3.63) is 66.4 Å². The predicted octanol–water partition coefficient (Wildman–Crippen LogP) is 3.47. The SMILES string of the molecule is Cc1cc(Nc2nc(-c3ccccc3)nc3ccccc23)n(C(N)=O)n1. The molecule has 128 valence electrons. The Kier molecular flexibility index (Phi) is 3.81. The van der Waals surface area contributed by atoms with E-state index < -0.39 is 6.03 Å². The Hall–Kier alpha value is -3.74. The summed E-state index contributed by atoms with van der Waals surface area (Å²) in [7, 11) is 0. The van der Waals surface area contributed by atoms with Crippen LogP contribution in [0.1, 0.15) is 5.69 Å². The van der Waals surface area contributed by atoms with Gasteiger partial charge in [-0.3, -0.25) is 0 Å². The zero-order chi connectivity index (χ0) is 18.1. The molecule has 0 bridgehead atoms. The number of fused-ring (bicyclic) bond motifs is 1. The number of anilines is 2. The van der Waals surface area contributed by atoms with E-state index in [0.29, 0.717) is 23.2 Å². The maximum Gasteiger partial charge on any atom is 0.341 e. The number of nitrogens with one attached hydrogen (secondary N) is 1. The van der Waals surface area contributed by atoms with E-state index in [4.69, 9.17) is 5.73 Å². The molecule has 0 aliphatic heterocycles. The number of nitrogens with zero attached hydrogens (tertiary/aromatic N) is 4. The average molecular weight is 344 g/mol. The molecule has 0 spiro atoms. The molecular formula is C19H16N6O. The van der Waals surface area contributed by atoms with Gasteiger partial charge in [0.05, 0.1) is 11.2 Å². The number of nitrogens with two attached hydrogens (primary N) is 1. The first-order valence-electron chi connectivity index (χ1n) is 8.07. The van der Waals surface area contributed by atoms with Gasteiger partial charge in [0, 0.05) is 17.0 Å². The van der Waals surface area contributed by atoms with E-state index in [9.17, 15) is 4.79 Å². The lowest BCUT2D eigenvalue weighted by molar-refractivity contribution is 0.248. The van der Waals surface area contributed by atoms with E-state index in [0.717, 1.165) is 21.1 Å². The van der Waals surface area contributed by atoms with Gasteiger partial charge >= 0.3 is 6.03 Å². The summed E-state index contributed by atoms with van der Waals surface area (Å²) in [4.78, 5) is 20.9. The first-order chi connectivity index (χ1) is 12.6. The van der Waals surface area contributed by atoms with Crippen LogP contribution in [0.3, 0.4) is 0 Å². The highest BCUT2D eigenvalue weighted by atomic mass is 16.2. The minimum absolute atomic E-state index is 0.456. The highest BCUT2D eigenvalue weighted by Crippen LogP contribution is 2.27. The normalized spacial score (nSPS) is 10.8. The van der Waals surface area contributed by atoms with Crippen LogP contribution >= 0.6 is 0 Å². The molecule has 0 radical (unpaired) electrons. The van der Waals surface area contributed by atoms with Crippen molar-refractivity contribution < 1.29 is 4.79 Å². The largest absolute Gasteiger partial charge is 0.350 e.